The minimum Gasteiger partial charge on any atom is -0.468 e. The van der Waals surface area contributed by atoms with Crippen molar-refractivity contribution in [3.8, 4) is 0 Å². The predicted octanol–water partition coefficient (Wildman–Crippen LogP) is 8.70. The van der Waals surface area contributed by atoms with Gasteiger partial charge in [0, 0.05) is 12.5 Å². The minimum atomic E-state index is 0.0750. The van der Waals surface area contributed by atoms with Crippen molar-refractivity contribution in [2.75, 3.05) is 13.2 Å². The zero-order valence-corrected chi connectivity index (χ0v) is 23.7. The Balaban J connectivity index is 1.24. The van der Waals surface area contributed by atoms with Gasteiger partial charge in [-0.25, -0.2) is 0 Å². The first kappa shape index (κ1) is 28.9. The summed E-state index contributed by atoms with van der Waals surface area (Å²) in [5, 5.41) is 9.64. The molecule has 0 bridgehead atoms. The van der Waals surface area contributed by atoms with E-state index in [4.69, 9.17) is 4.74 Å². The van der Waals surface area contributed by atoms with E-state index in [2.05, 4.69) is 55.5 Å². The lowest BCUT2D eigenvalue weighted by molar-refractivity contribution is -0.130. The van der Waals surface area contributed by atoms with Crippen LogP contribution in [0.4, 0.5) is 0 Å². The van der Waals surface area contributed by atoms with Gasteiger partial charge in [-0.15, -0.1) is 0 Å². The number of aliphatic hydroxyl groups excluding tert-OH is 1. The molecule has 4 rings (SSSR count). The average Bonchev–Trinajstić information content (AvgIpc) is 3.21. The van der Waals surface area contributed by atoms with E-state index >= 15 is 0 Å². The molecule has 2 aromatic rings. The Morgan fingerprint density at radius 2 is 1.34 bits per heavy atom. The van der Waals surface area contributed by atoms with Gasteiger partial charge < -0.3 is 9.84 Å². The molecule has 2 saturated carbocycles. The third-order valence-corrected chi connectivity index (χ3v) is 9.54. The molecule has 0 aromatic heterocycles. The second-order valence-electron chi connectivity index (χ2n) is 12.2. The number of unbranched alkanes of at least 4 members (excludes halogenated alkanes) is 2. The van der Waals surface area contributed by atoms with Gasteiger partial charge in [-0.2, -0.15) is 0 Å². The molecule has 0 spiro atoms. The molecule has 0 heterocycles. The summed E-state index contributed by atoms with van der Waals surface area (Å²) >= 11 is 0. The van der Waals surface area contributed by atoms with E-state index in [9.17, 15) is 9.90 Å². The van der Waals surface area contributed by atoms with Crippen molar-refractivity contribution in [1.29, 1.82) is 0 Å². The SMILES string of the molecule is CCCCCc1ccc(C2CCC(c3ccc(C4CCCC(CC(CO)COC=O)CC4)cc3)CC2)cc1. The molecule has 2 fully saturated rings. The largest absolute Gasteiger partial charge is 0.468 e. The Morgan fingerprint density at radius 3 is 1.89 bits per heavy atom. The lowest BCUT2D eigenvalue weighted by Crippen LogP contribution is -2.18. The van der Waals surface area contributed by atoms with E-state index in [1.807, 2.05) is 0 Å². The fraction of sp³-hybridized carbons (Fsp3) is 0.629. The summed E-state index contributed by atoms with van der Waals surface area (Å²) in [5.41, 5.74) is 6.08. The molecule has 3 heteroatoms. The number of ether oxygens (including phenoxy) is 1. The topological polar surface area (TPSA) is 46.5 Å². The van der Waals surface area contributed by atoms with Gasteiger partial charge in [0.2, 0.25) is 0 Å². The van der Waals surface area contributed by atoms with Crippen LogP contribution in [0.25, 0.3) is 0 Å². The van der Waals surface area contributed by atoms with Crippen LogP contribution in [-0.2, 0) is 16.0 Å². The highest BCUT2D eigenvalue weighted by atomic mass is 16.5. The van der Waals surface area contributed by atoms with Gasteiger partial charge in [-0.05, 0) is 110 Å². The summed E-state index contributed by atoms with van der Waals surface area (Å²) < 4.78 is 4.92. The van der Waals surface area contributed by atoms with E-state index in [0.717, 1.165) is 12.3 Å². The second kappa shape index (κ2) is 15.5. The maximum atomic E-state index is 10.5. The Morgan fingerprint density at radius 1 is 0.789 bits per heavy atom. The van der Waals surface area contributed by atoms with Crippen molar-refractivity contribution in [3.05, 3.63) is 70.8 Å². The Bertz CT molecular complexity index is 927. The molecule has 1 N–H and O–H groups in total. The van der Waals surface area contributed by atoms with E-state index in [1.54, 1.807) is 5.56 Å². The highest BCUT2D eigenvalue weighted by Gasteiger charge is 2.25. The highest BCUT2D eigenvalue weighted by Crippen LogP contribution is 2.42. The summed E-state index contributed by atoms with van der Waals surface area (Å²) in [6, 6.07) is 19.2. The number of aliphatic hydroxyl groups is 1. The van der Waals surface area contributed by atoms with Crippen LogP contribution in [0.5, 0.6) is 0 Å². The van der Waals surface area contributed by atoms with Gasteiger partial charge in [-0.1, -0.05) is 81.1 Å². The van der Waals surface area contributed by atoms with E-state index in [0.29, 0.717) is 30.8 Å². The Labute approximate surface area is 231 Å². The molecule has 2 aromatic carbocycles. The number of hydrogen-bond acceptors (Lipinski definition) is 3. The van der Waals surface area contributed by atoms with Gasteiger partial charge in [0.15, 0.2) is 0 Å². The third kappa shape index (κ3) is 8.43. The van der Waals surface area contributed by atoms with Crippen molar-refractivity contribution >= 4 is 6.47 Å². The third-order valence-electron chi connectivity index (χ3n) is 9.54. The standard InChI is InChI=1S/C35H50O3/c1-2-3-4-6-27-9-12-31(13-10-27)33-19-21-35(22-20-33)34-17-15-32(16-18-34)30-8-5-7-28(11-14-30)23-29(24-36)25-38-26-37/h9-10,12-13,15-18,26,28-30,33,35-36H,2-8,11,14,19-25H2,1H3. The van der Waals surface area contributed by atoms with E-state index in [1.165, 1.54) is 100 Å². The summed E-state index contributed by atoms with van der Waals surface area (Å²) in [5.74, 6) is 2.78. The summed E-state index contributed by atoms with van der Waals surface area (Å²) in [7, 11) is 0. The zero-order valence-electron chi connectivity index (χ0n) is 23.7. The molecule has 2 aliphatic carbocycles. The number of carbonyl (C=O) groups is 1. The Hall–Kier alpha value is -2.13. The maximum Gasteiger partial charge on any atom is 0.293 e. The van der Waals surface area contributed by atoms with E-state index < -0.39 is 0 Å². The zero-order chi connectivity index (χ0) is 26.6. The van der Waals surface area contributed by atoms with Crippen LogP contribution in [0.1, 0.15) is 130 Å². The molecule has 38 heavy (non-hydrogen) atoms. The second-order valence-corrected chi connectivity index (χ2v) is 12.2. The van der Waals surface area contributed by atoms with Crippen molar-refractivity contribution in [3.63, 3.8) is 0 Å². The normalized spacial score (nSPS) is 24.9. The van der Waals surface area contributed by atoms with Crippen LogP contribution in [-0.4, -0.2) is 24.8 Å². The lowest BCUT2D eigenvalue weighted by atomic mass is 9.76. The molecule has 3 unspecified atom stereocenters. The monoisotopic (exact) mass is 518 g/mol. The van der Waals surface area contributed by atoms with Crippen molar-refractivity contribution in [2.24, 2.45) is 11.8 Å². The van der Waals surface area contributed by atoms with Crippen LogP contribution >= 0.6 is 0 Å². The van der Waals surface area contributed by atoms with Gasteiger partial charge in [0.1, 0.15) is 0 Å². The Kier molecular flexibility index (Phi) is 11.7. The van der Waals surface area contributed by atoms with Crippen molar-refractivity contribution < 1.29 is 14.6 Å². The first-order valence-electron chi connectivity index (χ1n) is 15.5. The summed E-state index contributed by atoms with van der Waals surface area (Å²) in [6.45, 7) is 3.21. The van der Waals surface area contributed by atoms with Gasteiger partial charge in [0.25, 0.3) is 6.47 Å². The van der Waals surface area contributed by atoms with Crippen LogP contribution in [0.2, 0.25) is 0 Å². The highest BCUT2D eigenvalue weighted by molar-refractivity contribution is 5.36. The molecule has 3 nitrogen and oxygen atoms in total. The molecule has 3 atom stereocenters. The van der Waals surface area contributed by atoms with Crippen LogP contribution in [0, 0.1) is 11.8 Å². The number of hydrogen-bond donors (Lipinski definition) is 1. The van der Waals surface area contributed by atoms with Crippen molar-refractivity contribution in [2.45, 2.75) is 115 Å². The fourth-order valence-corrected chi connectivity index (χ4v) is 7.13. The van der Waals surface area contributed by atoms with Crippen LogP contribution in [0.3, 0.4) is 0 Å². The molecule has 0 saturated heterocycles. The van der Waals surface area contributed by atoms with E-state index in [-0.39, 0.29) is 12.5 Å². The number of benzene rings is 2. The first-order valence-corrected chi connectivity index (χ1v) is 15.5. The number of carbonyl (C=O) groups excluding carboxylic acids is 1. The van der Waals surface area contributed by atoms with Gasteiger partial charge in [-0.3, -0.25) is 4.79 Å². The first-order chi connectivity index (χ1) is 18.7. The fourth-order valence-electron chi connectivity index (χ4n) is 7.13. The average molecular weight is 519 g/mol. The molecule has 2 aliphatic rings. The summed E-state index contributed by atoms with van der Waals surface area (Å²) in [6.07, 6.45) is 17.5. The smallest absolute Gasteiger partial charge is 0.293 e. The molecular formula is C35H50O3. The van der Waals surface area contributed by atoms with Crippen LogP contribution in [0.15, 0.2) is 48.5 Å². The molecule has 0 radical (unpaired) electrons. The molecular weight excluding hydrogens is 468 g/mol. The lowest BCUT2D eigenvalue weighted by Gasteiger charge is -2.29. The van der Waals surface area contributed by atoms with Gasteiger partial charge >= 0.3 is 0 Å². The number of aryl methyl sites for hydroxylation is 1. The number of rotatable bonds is 13. The molecule has 0 amide bonds. The summed E-state index contributed by atoms with van der Waals surface area (Å²) in [4.78, 5) is 10.5. The van der Waals surface area contributed by atoms with Gasteiger partial charge in [0.05, 0.1) is 6.61 Å². The molecule has 208 valence electrons. The quantitative estimate of drug-likeness (QED) is 0.164. The van der Waals surface area contributed by atoms with Crippen LogP contribution < -0.4 is 0 Å². The molecule has 0 aliphatic heterocycles. The predicted molar refractivity (Wildman–Crippen MR) is 157 cm³/mol. The minimum absolute atomic E-state index is 0.0750. The van der Waals surface area contributed by atoms with Crippen molar-refractivity contribution in [1.82, 2.24) is 0 Å². The maximum absolute atomic E-state index is 10.5.